The number of rotatable bonds is 27. The third-order valence-corrected chi connectivity index (χ3v) is 8.59. The number of aryl methyl sites for hydroxylation is 1. The van der Waals surface area contributed by atoms with Crippen LogP contribution in [-0.4, -0.2) is 56.8 Å². The van der Waals surface area contributed by atoms with E-state index in [2.05, 4.69) is 23.4 Å². The monoisotopic (exact) mass is 804 g/mol. The normalized spacial score (nSPS) is 10.9. The van der Waals surface area contributed by atoms with Crippen molar-refractivity contribution in [1.82, 2.24) is 0 Å². The molecule has 0 saturated heterocycles. The topological polar surface area (TPSA) is 141 Å². The molecule has 12 nitrogen and oxygen atoms in total. The van der Waals surface area contributed by atoms with Crippen LogP contribution in [0.15, 0.2) is 127 Å². The molecule has 59 heavy (non-hydrogen) atoms. The second-order valence-electron chi connectivity index (χ2n) is 13.3. The molecule has 0 fully saturated rings. The highest BCUT2D eigenvalue weighted by atomic mass is 17.2. The summed E-state index contributed by atoms with van der Waals surface area (Å²) in [5.41, 5.74) is 3.85. The lowest BCUT2D eigenvalue weighted by molar-refractivity contribution is -0.217. The second kappa shape index (κ2) is 26.4. The Labute approximate surface area is 346 Å². The van der Waals surface area contributed by atoms with Gasteiger partial charge in [-0.1, -0.05) is 25.3 Å². The third-order valence-electron chi connectivity index (χ3n) is 8.59. The van der Waals surface area contributed by atoms with Gasteiger partial charge >= 0.3 is 17.9 Å². The largest absolute Gasteiger partial charge is 0.494 e. The van der Waals surface area contributed by atoms with Gasteiger partial charge in [-0.25, -0.2) is 14.4 Å². The fourth-order valence-corrected chi connectivity index (χ4v) is 5.32. The van der Waals surface area contributed by atoms with Gasteiger partial charge in [0.2, 0.25) is 0 Å². The molecule has 0 aliphatic rings. The molecular formula is C47H52N2O10. The van der Waals surface area contributed by atoms with E-state index < -0.39 is 11.9 Å². The predicted octanol–water partition coefficient (Wildman–Crippen LogP) is 9.51. The summed E-state index contributed by atoms with van der Waals surface area (Å²) in [6, 6.07) is 27.0. The van der Waals surface area contributed by atoms with Crippen LogP contribution in [0.25, 0.3) is 0 Å². The highest BCUT2D eigenvalue weighted by Gasteiger charge is 2.09. The first kappa shape index (κ1) is 45.2. The summed E-state index contributed by atoms with van der Waals surface area (Å²) in [5, 5.41) is 8.30. The first-order chi connectivity index (χ1) is 28.8. The Kier molecular flexibility index (Phi) is 20.2. The van der Waals surface area contributed by atoms with Crippen molar-refractivity contribution < 1.29 is 47.8 Å². The molecule has 0 heterocycles. The first-order valence-corrected chi connectivity index (χ1v) is 19.6. The van der Waals surface area contributed by atoms with Crippen LogP contribution >= 0.6 is 0 Å². The fraction of sp³-hybridized carbons (Fsp3) is 0.298. The fourth-order valence-electron chi connectivity index (χ4n) is 5.32. The van der Waals surface area contributed by atoms with Crippen LogP contribution in [0.5, 0.6) is 23.0 Å². The number of esters is 3. The minimum Gasteiger partial charge on any atom is -0.494 e. The summed E-state index contributed by atoms with van der Waals surface area (Å²) >= 11 is 0. The third kappa shape index (κ3) is 18.1. The van der Waals surface area contributed by atoms with Crippen molar-refractivity contribution in [2.45, 2.75) is 64.9 Å². The Hall–Kier alpha value is -6.53. The molecule has 0 aliphatic heterocycles. The van der Waals surface area contributed by atoms with Gasteiger partial charge in [0.1, 0.15) is 23.9 Å². The molecule has 0 amide bonds. The average molecular weight is 805 g/mol. The zero-order valence-electron chi connectivity index (χ0n) is 33.6. The molecule has 4 aromatic rings. The summed E-state index contributed by atoms with van der Waals surface area (Å²) < 4.78 is 27.0. The minimum atomic E-state index is -0.475. The minimum absolute atomic E-state index is 0.269. The number of hydrogen-bond donors (Lipinski definition) is 0. The maximum absolute atomic E-state index is 12.7. The summed E-state index contributed by atoms with van der Waals surface area (Å²) in [7, 11) is 0. The van der Waals surface area contributed by atoms with Crippen LogP contribution in [0.1, 0.15) is 84.0 Å². The molecule has 0 unspecified atom stereocenters. The van der Waals surface area contributed by atoms with Crippen molar-refractivity contribution in [3.63, 3.8) is 0 Å². The molecule has 0 atom stereocenters. The smallest absolute Gasteiger partial charge is 0.343 e. The Morgan fingerprint density at radius 2 is 1.07 bits per heavy atom. The van der Waals surface area contributed by atoms with Crippen molar-refractivity contribution in [2.24, 2.45) is 10.2 Å². The molecule has 0 saturated carbocycles. The molecular weight excluding hydrogens is 753 g/mol. The zero-order valence-corrected chi connectivity index (χ0v) is 33.6. The zero-order chi connectivity index (χ0) is 41.9. The number of carbonyl (C=O) groups is 3. The lowest BCUT2D eigenvalue weighted by Crippen LogP contribution is -2.08. The van der Waals surface area contributed by atoms with E-state index in [0.717, 1.165) is 85.4 Å². The number of unbranched alkanes of at least 4 members (excludes halogenated alkanes) is 6. The molecule has 0 radical (unpaired) electrons. The van der Waals surface area contributed by atoms with Crippen LogP contribution in [0, 0.1) is 6.92 Å². The molecule has 12 heteroatoms. The molecule has 0 aromatic heterocycles. The molecule has 4 aromatic carbocycles. The highest BCUT2D eigenvalue weighted by molar-refractivity contribution is 5.91. The summed E-state index contributed by atoms with van der Waals surface area (Å²) in [6.07, 6.45) is 12.8. The van der Waals surface area contributed by atoms with Gasteiger partial charge in [0.15, 0.2) is 5.75 Å². The Morgan fingerprint density at radius 1 is 0.576 bits per heavy atom. The van der Waals surface area contributed by atoms with Gasteiger partial charge in [0.05, 0.1) is 44.4 Å². The highest BCUT2D eigenvalue weighted by Crippen LogP contribution is 2.21. The Bertz CT molecular complexity index is 1970. The number of hydrogen-bond acceptors (Lipinski definition) is 12. The van der Waals surface area contributed by atoms with Gasteiger partial charge in [0.25, 0.3) is 0 Å². The van der Waals surface area contributed by atoms with Crippen molar-refractivity contribution in [2.75, 3.05) is 26.4 Å². The number of nitrogens with zero attached hydrogens (tertiary/aromatic N) is 2. The molecule has 310 valence electrons. The van der Waals surface area contributed by atoms with Crippen molar-refractivity contribution in [3.05, 3.63) is 144 Å². The van der Waals surface area contributed by atoms with Gasteiger partial charge < -0.3 is 28.6 Å². The second-order valence-corrected chi connectivity index (χ2v) is 13.3. The van der Waals surface area contributed by atoms with Gasteiger partial charge in [0, 0.05) is 12.2 Å². The van der Waals surface area contributed by atoms with E-state index in [1.807, 2.05) is 49.4 Å². The van der Waals surface area contributed by atoms with E-state index in [1.165, 1.54) is 6.08 Å². The van der Waals surface area contributed by atoms with Gasteiger partial charge in [-0.05, 0) is 159 Å². The predicted molar refractivity (Wildman–Crippen MR) is 226 cm³/mol. The van der Waals surface area contributed by atoms with E-state index in [1.54, 1.807) is 61.0 Å². The lowest BCUT2D eigenvalue weighted by Gasteiger charge is -2.09. The van der Waals surface area contributed by atoms with Crippen LogP contribution < -0.4 is 19.1 Å². The van der Waals surface area contributed by atoms with Crippen LogP contribution in [-0.2, 0) is 30.6 Å². The maximum atomic E-state index is 12.7. The standard InChI is InChI=1S/C47H52N2O10/c1-4-45(50)55-30-12-8-6-10-28-53-41-21-16-38(17-22-41)35-57-59-44-27-18-39(32-36(44)3)34-49-48-33-37-14-23-43(24-15-37)58-47(52)40-19-25-42(26-20-40)54-29-11-7-9-13-31-56-46(51)5-2/h4-5,14-27,32-34H,1-2,6-13,28-31,35H2,3H3/b48-33+,49-34+. The number of benzene rings is 4. The quantitative estimate of drug-likeness (QED) is 0.0109. The van der Waals surface area contributed by atoms with Gasteiger partial charge in [-0.15, -0.1) is 0 Å². The Morgan fingerprint density at radius 3 is 1.61 bits per heavy atom. The van der Waals surface area contributed by atoms with Crippen molar-refractivity contribution in [3.8, 4) is 23.0 Å². The van der Waals surface area contributed by atoms with Crippen LogP contribution in [0.4, 0.5) is 0 Å². The van der Waals surface area contributed by atoms with E-state index in [-0.39, 0.29) is 12.6 Å². The average Bonchev–Trinajstić information content (AvgIpc) is 3.26. The van der Waals surface area contributed by atoms with Gasteiger partial charge in [-0.2, -0.15) is 15.1 Å². The number of ether oxygens (including phenoxy) is 5. The van der Waals surface area contributed by atoms with E-state index in [4.69, 9.17) is 33.5 Å². The van der Waals surface area contributed by atoms with E-state index in [9.17, 15) is 14.4 Å². The van der Waals surface area contributed by atoms with Crippen molar-refractivity contribution >= 4 is 30.3 Å². The SMILES string of the molecule is C=CC(=O)OCCCCCCOc1ccc(COOc2ccc(/C=N/N=C/c3ccc(OC(=O)c4ccc(OCCCCCCOC(=O)C=C)cc4)cc3)cc2C)cc1. The molecule has 0 aliphatic carbocycles. The Balaban J connectivity index is 1.09. The maximum Gasteiger partial charge on any atom is 0.343 e. The van der Waals surface area contributed by atoms with Crippen molar-refractivity contribution in [1.29, 1.82) is 0 Å². The summed E-state index contributed by atoms with van der Waals surface area (Å²) in [5.74, 6) is 1.20. The van der Waals surface area contributed by atoms with Gasteiger partial charge in [-0.3, -0.25) is 0 Å². The summed E-state index contributed by atoms with van der Waals surface area (Å²) in [4.78, 5) is 45.8. The molecule has 0 N–H and O–H groups in total. The summed E-state index contributed by atoms with van der Waals surface area (Å²) in [6.45, 7) is 10.9. The lowest BCUT2D eigenvalue weighted by atomic mass is 10.1. The van der Waals surface area contributed by atoms with E-state index >= 15 is 0 Å². The molecule has 0 spiro atoms. The molecule has 0 bridgehead atoms. The first-order valence-electron chi connectivity index (χ1n) is 19.6. The van der Waals surface area contributed by atoms with E-state index in [0.29, 0.717) is 49.2 Å². The van der Waals surface area contributed by atoms with Crippen LogP contribution in [0.2, 0.25) is 0 Å². The number of carbonyl (C=O) groups excluding carboxylic acids is 3. The molecule has 4 rings (SSSR count). The van der Waals surface area contributed by atoms with Crippen LogP contribution in [0.3, 0.4) is 0 Å².